The van der Waals surface area contributed by atoms with E-state index in [1.807, 2.05) is 0 Å². The van der Waals surface area contributed by atoms with Gasteiger partial charge in [0.05, 0.1) is 5.56 Å². The number of para-hydroxylation sites is 1. The van der Waals surface area contributed by atoms with Crippen molar-refractivity contribution in [2.24, 2.45) is 0 Å². The Morgan fingerprint density at radius 1 is 1.08 bits per heavy atom. The third kappa shape index (κ3) is 4.68. The highest BCUT2D eigenvalue weighted by Gasteiger charge is 2.32. The molecule has 2 heterocycles. The fourth-order valence-corrected chi connectivity index (χ4v) is 2.84. The Kier molecular flexibility index (Phi) is 5.35. The maximum absolute atomic E-state index is 12.5. The van der Waals surface area contributed by atoms with Gasteiger partial charge in [-0.25, -0.2) is 0 Å². The predicted molar refractivity (Wildman–Crippen MR) is 90.3 cm³/mol. The van der Waals surface area contributed by atoms with Gasteiger partial charge in [-0.15, -0.1) is 13.2 Å². The largest absolute Gasteiger partial charge is 0.573 e. The maximum atomic E-state index is 12.5. The molecule has 1 aliphatic rings. The number of rotatable bonds is 4. The molecule has 1 aliphatic heterocycles. The summed E-state index contributed by atoms with van der Waals surface area (Å²) >= 11 is 0. The molecule has 0 saturated carbocycles. The fourth-order valence-electron chi connectivity index (χ4n) is 2.84. The van der Waals surface area contributed by atoms with E-state index in [-0.39, 0.29) is 23.0 Å². The predicted octanol–water partition coefficient (Wildman–Crippen LogP) is 4.87. The minimum absolute atomic E-state index is 0.0940. The molecule has 1 saturated heterocycles. The Morgan fingerprint density at radius 2 is 1.81 bits per heavy atom. The molecule has 3 rings (SSSR count). The van der Waals surface area contributed by atoms with Crippen molar-refractivity contribution in [2.75, 3.05) is 13.1 Å². The lowest BCUT2D eigenvalue weighted by Gasteiger charge is -2.25. The number of nitrogens with zero attached hydrogens (tertiary/aromatic N) is 1. The van der Waals surface area contributed by atoms with Crippen LogP contribution in [0.5, 0.6) is 5.75 Å². The Balaban J connectivity index is 1.74. The second-order valence-electron chi connectivity index (χ2n) is 5.97. The monoisotopic (exact) mass is 365 g/mol. The van der Waals surface area contributed by atoms with Crippen molar-refractivity contribution in [3.8, 4) is 17.1 Å². The summed E-state index contributed by atoms with van der Waals surface area (Å²) in [6, 6.07) is 8.89. The van der Waals surface area contributed by atoms with E-state index in [0.717, 1.165) is 32.4 Å². The Morgan fingerprint density at radius 3 is 2.54 bits per heavy atom. The first-order valence-corrected chi connectivity index (χ1v) is 8.34. The Labute approximate surface area is 148 Å². The topological polar surface area (TPSA) is 42.7 Å². The number of hydrogen-bond acceptors (Lipinski definition) is 3. The second-order valence-corrected chi connectivity index (χ2v) is 5.97. The number of alkyl halides is 3. The lowest BCUT2D eigenvalue weighted by Crippen LogP contribution is -2.34. The minimum atomic E-state index is -4.79. The van der Waals surface area contributed by atoms with Crippen molar-refractivity contribution in [3.05, 3.63) is 48.2 Å². The van der Waals surface area contributed by atoms with E-state index in [1.54, 1.807) is 23.1 Å². The Bertz CT molecular complexity index is 789. The molecule has 1 aromatic heterocycles. The summed E-state index contributed by atoms with van der Waals surface area (Å²) in [5.74, 6) is 0.180. The lowest BCUT2D eigenvalue weighted by molar-refractivity contribution is -0.274. The molecular weight excluding hydrogens is 347 g/mol. The van der Waals surface area contributed by atoms with E-state index in [9.17, 15) is 18.0 Å². The number of likely N-dealkylation sites (tertiary alicyclic amines) is 1. The molecule has 4 nitrogen and oxygen atoms in total. The molecule has 0 unspecified atom stereocenters. The standard InChI is InChI=1S/C19H18F3NO3/c20-19(21,22)26-17-7-3-2-6-15(17)16-10-8-14(25-16)9-11-18(24)23-12-4-1-5-13-23/h2-3,6-11H,1,4-5,12-13H2/b11-9+. The molecule has 0 N–H and O–H groups in total. The summed E-state index contributed by atoms with van der Waals surface area (Å²) in [4.78, 5) is 13.9. The molecule has 26 heavy (non-hydrogen) atoms. The summed E-state index contributed by atoms with van der Waals surface area (Å²) in [7, 11) is 0. The first kappa shape index (κ1) is 18.1. The number of benzene rings is 1. The molecule has 1 amide bonds. The highest BCUT2D eigenvalue weighted by Crippen LogP contribution is 2.34. The van der Waals surface area contributed by atoms with Gasteiger partial charge in [-0.05, 0) is 49.6 Å². The van der Waals surface area contributed by atoms with Crippen molar-refractivity contribution in [1.82, 2.24) is 4.90 Å². The Hall–Kier alpha value is -2.70. The highest BCUT2D eigenvalue weighted by molar-refractivity contribution is 5.91. The fraction of sp³-hybridized carbons (Fsp3) is 0.316. The molecule has 0 atom stereocenters. The lowest BCUT2D eigenvalue weighted by atomic mass is 10.1. The van der Waals surface area contributed by atoms with Crippen LogP contribution < -0.4 is 4.74 Å². The van der Waals surface area contributed by atoms with Gasteiger partial charge in [0.2, 0.25) is 5.91 Å². The SMILES string of the molecule is O=C(/C=C/c1ccc(-c2ccccc2OC(F)(F)F)o1)N1CCCCC1. The van der Waals surface area contributed by atoms with Gasteiger partial charge in [-0.1, -0.05) is 12.1 Å². The number of furan rings is 1. The van der Waals surface area contributed by atoms with Crippen LogP contribution in [0.25, 0.3) is 17.4 Å². The summed E-state index contributed by atoms with van der Waals surface area (Å²) in [6.07, 6.45) is 1.29. The quantitative estimate of drug-likeness (QED) is 0.726. The van der Waals surface area contributed by atoms with Crippen LogP contribution in [0.1, 0.15) is 25.0 Å². The number of carbonyl (C=O) groups excluding carboxylic acids is 1. The zero-order valence-corrected chi connectivity index (χ0v) is 14.0. The van der Waals surface area contributed by atoms with E-state index in [1.165, 1.54) is 30.4 Å². The summed E-state index contributed by atoms with van der Waals surface area (Å²) in [5.41, 5.74) is 0.187. The smallest absolute Gasteiger partial charge is 0.457 e. The van der Waals surface area contributed by atoms with Crippen LogP contribution in [-0.2, 0) is 4.79 Å². The molecule has 138 valence electrons. The molecule has 0 spiro atoms. The zero-order chi connectivity index (χ0) is 18.6. The second kappa shape index (κ2) is 7.68. The molecule has 1 fully saturated rings. The van der Waals surface area contributed by atoms with Crippen LogP contribution in [0.2, 0.25) is 0 Å². The van der Waals surface area contributed by atoms with Crippen LogP contribution in [0.15, 0.2) is 46.9 Å². The minimum Gasteiger partial charge on any atom is -0.457 e. The van der Waals surface area contributed by atoms with Crippen LogP contribution >= 0.6 is 0 Å². The summed E-state index contributed by atoms with van der Waals surface area (Å²) in [5, 5.41) is 0. The number of hydrogen-bond donors (Lipinski definition) is 0. The van der Waals surface area contributed by atoms with Crippen molar-refractivity contribution < 1.29 is 27.1 Å². The van der Waals surface area contributed by atoms with Gasteiger partial charge in [0.15, 0.2) is 0 Å². The average Bonchev–Trinajstić information content (AvgIpc) is 3.08. The van der Waals surface area contributed by atoms with E-state index in [0.29, 0.717) is 5.76 Å². The number of ether oxygens (including phenoxy) is 1. The number of carbonyl (C=O) groups is 1. The van der Waals surface area contributed by atoms with Crippen LogP contribution in [0, 0.1) is 0 Å². The van der Waals surface area contributed by atoms with E-state index >= 15 is 0 Å². The normalized spacial score (nSPS) is 15.4. The number of piperidine rings is 1. The van der Waals surface area contributed by atoms with Crippen molar-refractivity contribution in [3.63, 3.8) is 0 Å². The van der Waals surface area contributed by atoms with E-state index in [4.69, 9.17) is 4.42 Å². The molecule has 0 aliphatic carbocycles. The number of halogens is 3. The zero-order valence-electron chi connectivity index (χ0n) is 14.0. The van der Waals surface area contributed by atoms with Crippen LogP contribution in [-0.4, -0.2) is 30.3 Å². The van der Waals surface area contributed by atoms with Gasteiger partial charge < -0.3 is 14.1 Å². The number of amides is 1. The third-order valence-electron chi connectivity index (χ3n) is 4.06. The van der Waals surface area contributed by atoms with Gasteiger partial charge in [0.1, 0.15) is 17.3 Å². The van der Waals surface area contributed by atoms with E-state index < -0.39 is 6.36 Å². The first-order chi connectivity index (χ1) is 12.4. The maximum Gasteiger partial charge on any atom is 0.573 e. The van der Waals surface area contributed by atoms with Crippen LogP contribution in [0.3, 0.4) is 0 Å². The average molecular weight is 365 g/mol. The first-order valence-electron chi connectivity index (χ1n) is 8.34. The third-order valence-corrected chi connectivity index (χ3v) is 4.06. The summed E-state index contributed by atoms with van der Waals surface area (Å²) < 4.78 is 47.2. The van der Waals surface area contributed by atoms with Gasteiger partial charge >= 0.3 is 6.36 Å². The van der Waals surface area contributed by atoms with Gasteiger partial charge in [0, 0.05) is 19.2 Å². The molecule has 7 heteroatoms. The molecule has 0 bridgehead atoms. The molecule has 0 radical (unpaired) electrons. The highest BCUT2D eigenvalue weighted by atomic mass is 19.4. The van der Waals surface area contributed by atoms with Crippen molar-refractivity contribution in [1.29, 1.82) is 0 Å². The van der Waals surface area contributed by atoms with Crippen LogP contribution in [0.4, 0.5) is 13.2 Å². The summed E-state index contributed by atoms with van der Waals surface area (Å²) in [6.45, 7) is 1.49. The van der Waals surface area contributed by atoms with Crippen molar-refractivity contribution >= 4 is 12.0 Å². The van der Waals surface area contributed by atoms with Crippen molar-refractivity contribution in [2.45, 2.75) is 25.6 Å². The van der Waals surface area contributed by atoms with Gasteiger partial charge in [0.25, 0.3) is 0 Å². The van der Waals surface area contributed by atoms with Gasteiger partial charge in [-0.3, -0.25) is 4.79 Å². The van der Waals surface area contributed by atoms with E-state index in [2.05, 4.69) is 4.74 Å². The molecular formula is C19H18F3NO3. The molecule has 1 aromatic carbocycles. The van der Waals surface area contributed by atoms with Gasteiger partial charge in [-0.2, -0.15) is 0 Å². The molecule has 2 aromatic rings.